The normalized spacial score (nSPS) is 12.5. The van der Waals surface area contributed by atoms with Gasteiger partial charge >= 0.3 is 0 Å². The molecule has 1 atom stereocenters. The van der Waals surface area contributed by atoms with Crippen LogP contribution in [-0.2, 0) is 6.54 Å². The lowest BCUT2D eigenvalue weighted by atomic mass is 10.1. The van der Waals surface area contributed by atoms with E-state index in [4.69, 9.17) is 4.74 Å². The van der Waals surface area contributed by atoms with Crippen LogP contribution >= 0.6 is 0 Å². The molecule has 0 saturated heterocycles. The van der Waals surface area contributed by atoms with E-state index in [1.165, 1.54) is 13.2 Å². The molecule has 106 valence electrons. The first-order chi connectivity index (χ1) is 8.92. The third-order valence-corrected chi connectivity index (χ3v) is 2.69. The van der Waals surface area contributed by atoms with Crippen LogP contribution in [0.1, 0.15) is 12.5 Å². The van der Waals surface area contributed by atoms with Gasteiger partial charge in [0.1, 0.15) is 5.75 Å². The van der Waals surface area contributed by atoms with Crippen LogP contribution in [0.25, 0.3) is 0 Å². The molecule has 1 unspecified atom stereocenters. The van der Waals surface area contributed by atoms with Crippen LogP contribution in [0.5, 0.6) is 5.75 Å². The van der Waals surface area contributed by atoms with Crippen molar-refractivity contribution in [3.63, 3.8) is 0 Å². The number of nitrogens with one attached hydrogen (secondary N) is 1. The third kappa shape index (κ3) is 5.23. The van der Waals surface area contributed by atoms with E-state index in [0.29, 0.717) is 18.3 Å². The van der Waals surface area contributed by atoms with Gasteiger partial charge < -0.3 is 15.0 Å². The van der Waals surface area contributed by atoms with E-state index < -0.39 is 4.92 Å². The van der Waals surface area contributed by atoms with E-state index in [1.807, 2.05) is 20.2 Å². The van der Waals surface area contributed by atoms with Gasteiger partial charge in [-0.05, 0) is 32.6 Å². The van der Waals surface area contributed by atoms with Gasteiger partial charge in [0, 0.05) is 25.2 Å². The number of rotatable bonds is 7. The zero-order valence-electron chi connectivity index (χ0n) is 11.8. The quantitative estimate of drug-likeness (QED) is 0.601. The average Bonchev–Trinajstić information content (AvgIpc) is 2.35. The largest absolute Gasteiger partial charge is 0.496 e. The van der Waals surface area contributed by atoms with Gasteiger partial charge in [-0.3, -0.25) is 10.1 Å². The summed E-state index contributed by atoms with van der Waals surface area (Å²) in [5.74, 6) is 0.506. The van der Waals surface area contributed by atoms with Crippen molar-refractivity contribution in [3.8, 4) is 5.75 Å². The van der Waals surface area contributed by atoms with Crippen molar-refractivity contribution in [2.45, 2.75) is 19.5 Å². The molecule has 0 radical (unpaired) electrons. The number of likely N-dealkylation sites (N-methyl/N-ethyl adjacent to an activating group) is 1. The maximum absolute atomic E-state index is 10.8. The van der Waals surface area contributed by atoms with E-state index in [9.17, 15) is 10.1 Å². The second kappa shape index (κ2) is 7.06. The Morgan fingerprint density at radius 1 is 1.42 bits per heavy atom. The standard InChI is InChI=1S/C13H21N3O3/c1-10(9-15(2)3)14-8-11-5-12(16(17)18)7-13(6-11)19-4/h5-7,10,14H,8-9H2,1-4H3. The van der Waals surface area contributed by atoms with Gasteiger partial charge in [0.05, 0.1) is 18.1 Å². The highest BCUT2D eigenvalue weighted by atomic mass is 16.6. The fourth-order valence-corrected chi connectivity index (χ4v) is 1.87. The van der Waals surface area contributed by atoms with Gasteiger partial charge in [0.25, 0.3) is 5.69 Å². The molecule has 0 saturated carbocycles. The molecule has 6 heteroatoms. The van der Waals surface area contributed by atoms with E-state index in [1.54, 1.807) is 6.07 Å². The lowest BCUT2D eigenvalue weighted by molar-refractivity contribution is -0.385. The Morgan fingerprint density at radius 3 is 2.63 bits per heavy atom. The van der Waals surface area contributed by atoms with Crippen molar-refractivity contribution in [2.24, 2.45) is 0 Å². The van der Waals surface area contributed by atoms with E-state index in [-0.39, 0.29) is 5.69 Å². The molecule has 0 heterocycles. The topological polar surface area (TPSA) is 67.6 Å². The Kier molecular flexibility index (Phi) is 5.72. The number of nitrogens with zero attached hydrogens (tertiary/aromatic N) is 2. The Balaban J connectivity index is 2.72. The summed E-state index contributed by atoms with van der Waals surface area (Å²) in [5.41, 5.74) is 0.896. The maximum Gasteiger partial charge on any atom is 0.273 e. The van der Waals surface area contributed by atoms with Crippen LogP contribution in [0.3, 0.4) is 0 Å². The first-order valence-corrected chi connectivity index (χ1v) is 6.13. The number of benzene rings is 1. The molecule has 1 aromatic rings. The van der Waals surface area contributed by atoms with Crippen LogP contribution in [0, 0.1) is 10.1 Å². The Hall–Kier alpha value is -1.66. The molecule has 1 N–H and O–H groups in total. The first-order valence-electron chi connectivity index (χ1n) is 6.13. The molecule has 0 aliphatic heterocycles. The van der Waals surface area contributed by atoms with Gasteiger partial charge in [-0.15, -0.1) is 0 Å². The van der Waals surface area contributed by atoms with Crippen molar-refractivity contribution < 1.29 is 9.66 Å². The number of hydrogen-bond acceptors (Lipinski definition) is 5. The summed E-state index contributed by atoms with van der Waals surface area (Å²) in [6.07, 6.45) is 0. The highest BCUT2D eigenvalue weighted by Gasteiger charge is 2.11. The Morgan fingerprint density at radius 2 is 2.11 bits per heavy atom. The summed E-state index contributed by atoms with van der Waals surface area (Å²) in [6.45, 7) is 3.56. The summed E-state index contributed by atoms with van der Waals surface area (Å²) < 4.78 is 5.08. The molecule has 6 nitrogen and oxygen atoms in total. The number of nitro benzene ring substituents is 1. The van der Waals surface area contributed by atoms with E-state index in [2.05, 4.69) is 17.1 Å². The molecule has 1 aromatic carbocycles. The molecule has 0 aliphatic carbocycles. The van der Waals surface area contributed by atoms with Crippen LogP contribution in [0.15, 0.2) is 18.2 Å². The summed E-state index contributed by atoms with van der Waals surface area (Å²) in [6, 6.07) is 5.10. The SMILES string of the molecule is COc1cc(CNC(C)CN(C)C)cc([N+](=O)[O-])c1. The monoisotopic (exact) mass is 267 g/mol. The molecule has 0 amide bonds. The summed E-state index contributed by atoms with van der Waals surface area (Å²) >= 11 is 0. The summed E-state index contributed by atoms with van der Waals surface area (Å²) in [5, 5.41) is 14.2. The van der Waals surface area contributed by atoms with E-state index >= 15 is 0 Å². The second-order valence-corrected chi connectivity index (χ2v) is 4.84. The van der Waals surface area contributed by atoms with Gasteiger partial charge in [-0.2, -0.15) is 0 Å². The minimum atomic E-state index is -0.407. The molecule has 19 heavy (non-hydrogen) atoms. The van der Waals surface area contributed by atoms with Gasteiger partial charge in [-0.1, -0.05) is 0 Å². The van der Waals surface area contributed by atoms with Gasteiger partial charge in [-0.25, -0.2) is 0 Å². The molecule has 0 aromatic heterocycles. The fourth-order valence-electron chi connectivity index (χ4n) is 1.87. The number of hydrogen-bond donors (Lipinski definition) is 1. The first kappa shape index (κ1) is 15.4. The Labute approximate surface area is 113 Å². The fraction of sp³-hybridized carbons (Fsp3) is 0.538. The van der Waals surface area contributed by atoms with Crippen molar-refractivity contribution in [1.82, 2.24) is 10.2 Å². The molecular formula is C13H21N3O3. The van der Waals surface area contributed by atoms with Gasteiger partial charge in [0.2, 0.25) is 0 Å². The summed E-state index contributed by atoms with van der Waals surface area (Å²) in [7, 11) is 5.52. The number of ether oxygens (including phenoxy) is 1. The second-order valence-electron chi connectivity index (χ2n) is 4.84. The highest BCUT2D eigenvalue weighted by molar-refractivity contribution is 5.42. The lowest BCUT2D eigenvalue weighted by Crippen LogP contribution is -2.35. The third-order valence-electron chi connectivity index (χ3n) is 2.69. The zero-order chi connectivity index (χ0) is 14.4. The number of non-ortho nitro benzene ring substituents is 1. The van der Waals surface area contributed by atoms with Gasteiger partial charge in [0.15, 0.2) is 0 Å². The molecular weight excluding hydrogens is 246 g/mol. The van der Waals surface area contributed by atoms with Crippen LogP contribution < -0.4 is 10.1 Å². The molecule has 1 rings (SSSR count). The number of nitro groups is 1. The van der Waals surface area contributed by atoms with Crippen LogP contribution in [-0.4, -0.2) is 43.6 Å². The highest BCUT2D eigenvalue weighted by Crippen LogP contribution is 2.22. The predicted molar refractivity (Wildman–Crippen MR) is 74.5 cm³/mol. The number of methoxy groups -OCH3 is 1. The van der Waals surface area contributed by atoms with Crippen molar-refractivity contribution in [2.75, 3.05) is 27.7 Å². The van der Waals surface area contributed by atoms with Crippen molar-refractivity contribution in [1.29, 1.82) is 0 Å². The molecule has 0 aliphatic rings. The van der Waals surface area contributed by atoms with Crippen molar-refractivity contribution in [3.05, 3.63) is 33.9 Å². The van der Waals surface area contributed by atoms with E-state index in [0.717, 1.165) is 12.1 Å². The zero-order valence-corrected chi connectivity index (χ0v) is 11.8. The molecule has 0 fully saturated rings. The minimum absolute atomic E-state index is 0.0522. The van der Waals surface area contributed by atoms with Crippen LogP contribution in [0.4, 0.5) is 5.69 Å². The Bertz CT molecular complexity index is 435. The van der Waals surface area contributed by atoms with Crippen molar-refractivity contribution >= 4 is 5.69 Å². The lowest BCUT2D eigenvalue weighted by Gasteiger charge is -2.18. The minimum Gasteiger partial charge on any atom is -0.496 e. The summed E-state index contributed by atoms with van der Waals surface area (Å²) in [4.78, 5) is 12.5. The molecule has 0 spiro atoms. The molecule has 0 bridgehead atoms. The van der Waals surface area contributed by atoms with Crippen LogP contribution in [0.2, 0.25) is 0 Å². The smallest absolute Gasteiger partial charge is 0.273 e. The average molecular weight is 267 g/mol. The maximum atomic E-state index is 10.8. The predicted octanol–water partition coefficient (Wildman–Crippen LogP) is 1.64.